The predicted octanol–water partition coefficient (Wildman–Crippen LogP) is 1.48. The Kier molecular flexibility index (Phi) is 7.58. The number of aliphatic imine (C=N–C) groups is 1. The van der Waals surface area contributed by atoms with Crippen molar-refractivity contribution in [2.45, 2.75) is 26.8 Å². The van der Waals surface area contributed by atoms with Crippen LogP contribution in [0.5, 0.6) is 0 Å². The van der Waals surface area contributed by atoms with Gasteiger partial charge in [-0.05, 0) is 31.9 Å². The van der Waals surface area contributed by atoms with Gasteiger partial charge in [0.1, 0.15) is 0 Å². The fourth-order valence-electron chi connectivity index (χ4n) is 1.62. The molecule has 106 valence electrons. The first-order valence-corrected chi connectivity index (χ1v) is 6.70. The zero-order chi connectivity index (χ0) is 13.9. The highest BCUT2D eigenvalue weighted by molar-refractivity contribution is 5.79. The van der Waals surface area contributed by atoms with Crippen molar-refractivity contribution in [3.63, 3.8) is 0 Å². The molecular weight excluding hydrogens is 240 g/mol. The largest absolute Gasteiger partial charge is 0.382 e. The van der Waals surface area contributed by atoms with Gasteiger partial charge < -0.3 is 15.4 Å². The lowest BCUT2D eigenvalue weighted by molar-refractivity contribution is 0.145. The number of nitrogens with zero attached hydrogens (tertiary/aromatic N) is 2. The summed E-state index contributed by atoms with van der Waals surface area (Å²) in [5, 5.41) is 6.50. The molecule has 0 aromatic carbocycles. The second-order valence-electron chi connectivity index (χ2n) is 4.17. The van der Waals surface area contributed by atoms with E-state index in [0.29, 0.717) is 6.54 Å². The lowest BCUT2D eigenvalue weighted by Crippen LogP contribution is -2.37. The van der Waals surface area contributed by atoms with Gasteiger partial charge in [0.05, 0.1) is 12.2 Å². The molecule has 0 saturated heterocycles. The van der Waals surface area contributed by atoms with Gasteiger partial charge in [-0.15, -0.1) is 0 Å². The maximum absolute atomic E-state index is 5.28. The van der Waals surface area contributed by atoms with Crippen LogP contribution in [0.4, 0.5) is 0 Å². The van der Waals surface area contributed by atoms with Crippen molar-refractivity contribution in [1.82, 2.24) is 15.6 Å². The van der Waals surface area contributed by atoms with E-state index in [1.165, 1.54) is 5.56 Å². The topological polar surface area (TPSA) is 58.5 Å². The van der Waals surface area contributed by atoms with Crippen molar-refractivity contribution < 1.29 is 4.74 Å². The highest BCUT2D eigenvalue weighted by Crippen LogP contribution is 2.01. The molecule has 1 heterocycles. The van der Waals surface area contributed by atoms with Gasteiger partial charge >= 0.3 is 0 Å². The monoisotopic (exact) mass is 264 g/mol. The van der Waals surface area contributed by atoms with Crippen LogP contribution in [-0.4, -0.2) is 37.7 Å². The fourth-order valence-corrected chi connectivity index (χ4v) is 1.62. The molecule has 0 aliphatic carbocycles. The van der Waals surface area contributed by atoms with Crippen LogP contribution < -0.4 is 10.6 Å². The normalized spacial score (nSPS) is 11.4. The first-order valence-electron chi connectivity index (χ1n) is 6.70. The van der Waals surface area contributed by atoms with Gasteiger partial charge in [-0.25, -0.2) is 0 Å². The Morgan fingerprint density at radius 3 is 2.95 bits per heavy atom. The third kappa shape index (κ3) is 6.20. The summed E-state index contributed by atoms with van der Waals surface area (Å²) < 4.78 is 5.28. The summed E-state index contributed by atoms with van der Waals surface area (Å²) in [6, 6.07) is 4.00. The van der Waals surface area contributed by atoms with Crippen LogP contribution >= 0.6 is 0 Å². The quantitative estimate of drug-likeness (QED) is 0.445. The number of aromatic nitrogens is 1. The molecule has 0 aliphatic rings. The molecule has 0 atom stereocenters. The summed E-state index contributed by atoms with van der Waals surface area (Å²) >= 11 is 0. The molecule has 0 saturated carbocycles. The van der Waals surface area contributed by atoms with E-state index in [1.54, 1.807) is 7.05 Å². The van der Waals surface area contributed by atoms with E-state index in [4.69, 9.17) is 4.74 Å². The van der Waals surface area contributed by atoms with E-state index < -0.39 is 0 Å². The highest BCUT2D eigenvalue weighted by Gasteiger charge is 2.01. The van der Waals surface area contributed by atoms with Crippen LogP contribution in [0.2, 0.25) is 0 Å². The van der Waals surface area contributed by atoms with E-state index in [0.717, 1.165) is 37.8 Å². The van der Waals surface area contributed by atoms with Gasteiger partial charge in [0, 0.05) is 33.0 Å². The van der Waals surface area contributed by atoms with Gasteiger partial charge in [-0.1, -0.05) is 6.07 Å². The maximum atomic E-state index is 5.28. The van der Waals surface area contributed by atoms with Crippen LogP contribution in [0.3, 0.4) is 0 Å². The minimum Gasteiger partial charge on any atom is -0.382 e. The standard InChI is InChI=1S/C14H24N4O/c1-4-19-10-6-9-17-14(15-3)18-11-13-12(2)7-5-8-16-13/h5,7-8H,4,6,9-11H2,1-3H3,(H2,15,17,18). The van der Waals surface area contributed by atoms with Gasteiger partial charge in [-0.3, -0.25) is 9.98 Å². The molecule has 0 radical (unpaired) electrons. The zero-order valence-corrected chi connectivity index (χ0v) is 12.1. The summed E-state index contributed by atoms with van der Waals surface area (Å²) in [5.41, 5.74) is 2.22. The number of hydrogen-bond acceptors (Lipinski definition) is 3. The van der Waals surface area contributed by atoms with Crippen LogP contribution in [0, 0.1) is 6.92 Å². The van der Waals surface area contributed by atoms with Gasteiger partial charge in [0.25, 0.3) is 0 Å². The molecule has 0 amide bonds. The third-order valence-electron chi connectivity index (χ3n) is 2.73. The number of guanidine groups is 1. The summed E-state index contributed by atoms with van der Waals surface area (Å²) in [5.74, 6) is 0.793. The van der Waals surface area contributed by atoms with Crippen LogP contribution in [0.25, 0.3) is 0 Å². The predicted molar refractivity (Wildman–Crippen MR) is 78.3 cm³/mol. The van der Waals surface area contributed by atoms with E-state index in [1.807, 2.05) is 19.2 Å². The second kappa shape index (κ2) is 9.33. The summed E-state index contributed by atoms with van der Waals surface area (Å²) in [4.78, 5) is 8.52. The van der Waals surface area contributed by atoms with Crippen molar-refractivity contribution in [2.75, 3.05) is 26.8 Å². The third-order valence-corrected chi connectivity index (χ3v) is 2.73. The molecule has 5 heteroatoms. The number of pyridine rings is 1. The molecule has 2 N–H and O–H groups in total. The Bertz CT molecular complexity index is 393. The molecule has 1 rings (SSSR count). The lowest BCUT2D eigenvalue weighted by atomic mass is 10.2. The summed E-state index contributed by atoms with van der Waals surface area (Å²) in [6.07, 6.45) is 2.78. The summed E-state index contributed by atoms with van der Waals surface area (Å²) in [7, 11) is 1.77. The Labute approximate surface area is 115 Å². The second-order valence-corrected chi connectivity index (χ2v) is 4.17. The van der Waals surface area contributed by atoms with Crippen LogP contribution in [0.1, 0.15) is 24.6 Å². The van der Waals surface area contributed by atoms with Crippen LogP contribution in [0.15, 0.2) is 23.3 Å². The molecule has 1 aromatic rings. The number of nitrogens with one attached hydrogen (secondary N) is 2. The first kappa shape index (κ1) is 15.4. The van der Waals surface area contributed by atoms with Crippen molar-refractivity contribution in [3.05, 3.63) is 29.6 Å². The summed E-state index contributed by atoms with van der Waals surface area (Å²) in [6.45, 7) is 7.13. The zero-order valence-electron chi connectivity index (χ0n) is 12.1. The number of hydrogen-bond donors (Lipinski definition) is 2. The van der Waals surface area contributed by atoms with E-state index in [9.17, 15) is 0 Å². The minimum absolute atomic E-state index is 0.678. The fraction of sp³-hybridized carbons (Fsp3) is 0.571. The molecule has 0 aliphatic heterocycles. The molecule has 1 aromatic heterocycles. The molecule has 0 fully saturated rings. The minimum atomic E-state index is 0.678. The van der Waals surface area contributed by atoms with Crippen LogP contribution in [-0.2, 0) is 11.3 Å². The Balaban J connectivity index is 2.28. The molecule has 5 nitrogen and oxygen atoms in total. The van der Waals surface area contributed by atoms with Gasteiger partial charge in [-0.2, -0.15) is 0 Å². The number of ether oxygens (including phenoxy) is 1. The maximum Gasteiger partial charge on any atom is 0.191 e. The Morgan fingerprint density at radius 1 is 1.42 bits per heavy atom. The SMILES string of the molecule is CCOCCCNC(=NC)NCc1ncccc1C. The Morgan fingerprint density at radius 2 is 2.26 bits per heavy atom. The lowest BCUT2D eigenvalue weighted by Gasteiger charge is -2.12. The van der Waals surface area contributed by atoms with Crippen molar-refractivity contribution >= 4 is 5.96 Å². The molecule has 0 unspecified atom stereocenters. The average Bonchev–Trinajstić information content (AvgIpc) is 2.43. The van der Waals surface area contributed by atoms with E-state index in [-0.39, 0.29) is 0 Å². The number of aryl methyl sites for hydroxylation is 1. The Hall–Kier alpha value is -1.62. The molecule has 0 spiro atoms. The highest BCUT2D eigenvalue weighted by atomic mass is 16.5. The van der Waals surface area contributed by atoms with Gasteiger partial charge in [0.2, 0.25) is 0 Å². The number of rotatable bonds is 7. The van der Waals surface area contributed by atoms with Gasteiger partial charge in [0.15, 0.2) is 5.96 Å². The van der Waals surface area contributed by atoms with E-state index >= 15 is 0 Å². The first-order chi connectivity index (χ1) is 9.27. The van der Waals surface area contributed by atoms with Crippen molar-refractivity contribution in [3.8, 4) is 0 Å². The van der Waals surface area contributed by atoms with Crippen molar-refractivity contribution in [1.29, 1.82) is 0 Å². The van der Waals surface area contributed by atoms with Crippen molar-refractivity contribution in [2.24, 2.45) is 4.99 Å². The molecule has 19 heavy (non-hydrogen) atoms. The molecule has 0 bridgehead atoms. The smallest absolute Gasteiger partial charge is 0.191 e. The molecular formula is C14H24N4O. The average molecular weight is 264 g/mol. The van der Waals surface area contributed by atoms with E-state index in [2.05, 4.69) is 33.6 Å².